The number of carboxylic acid groups (broad SMARTS) is 1. The van der Waals surface area contributed by atoms with Gasteiger partial charge < -0.3 is 5.11 Å². The van der Waals surface area contributed by atoms with Crippen LogP contribution in [-0.4, -0.2) is 21.8 Å². The van der Waals surface area contributed by atoms with Gasteiger partial charge >= 0.3 is 5.97 Å². The number of aromatic carboxylic acids is 1. The third-order valence-electron chi connectivity index (χ3n) is 4.75. The van der Waals surface area contributed by atoms with Crippen molar-refractivity contribution >= 4 is 50.5 Å². The van der Waals surface area contributed by atoms with Crippen LogP contribution in [-0.2, 0) is 12.8 Å². The SMILES string of the molecule is CC(C)=Nc1c(C(=O)O)sc2nc3c(c(-c4ccc(Cl)cc4)c12)CCCC3. The van der Waals surface area contributed by atoms with Crippen molar-refractivity contribution in [1.82, 2.24) is 4.98 Å². The molecule has 0 unspecified atom stereocenters. The van der Waals surface area contributed by atoms with E-state index >= 15 is 0 Å². The lowest BCUT2D eigenvalue weighted by atomic mass is 9.87. The van der Waals surface area contributed by atoms with Gasteiger partial charge in [0.1, 0.15) is 9.71 Å². The second-order valence-electron chi connectivity index (χ2n) is 6.95. The number of pyridine rings is 1. The number of halogens is 1. The normalized spacial score (nSPS) is 13.4. The molecule has 1 aromatic carbocycles. The highest BCUT2D eigenvalue weighted by Crippen LogP contribution is 2.46. The van der Waals surface area contributed by atoms with Crippen LogP contribution in [0.4, 0.5) is 5.69 Å². The van der Waals surface area contributed by atoms with E-state index in [1.165, 1.54) is 16.9 Å². The molecule has 0 spiro atoms. The van der Waals surface area contributed by atoms with Crippen molar-refractivity contribution in [2.75, 3.05) is 0 Å². The van der Waals surface area contributed by atoms with Crippen molar-refractivity contribution in [2.24, 2.45) is 4.99 Å². The quantitative estimate of drug-likeness (QED) is 0.526. The summed E-state index contributed by atoms with van der Waals surface area (Å²) in [5, 5.41) is 11.3. The summed E-state index contributed by atoms with van der Waals surface area (Å²) in [4.78, 5) is 22.3. The second kappa shape index (κ2) is 7.06. The minimum Gasteiger partial charge on any atom is -0.477 e. The van der Waals surface area contributed by atoms with Crippen molar-refractivity contribution in [3.8, 4) is 11.1 Å². The Balaban J connectivity index is 2.15. The van der Waals surface area contributed by atoms with Crippen LogP contribution in [0.15, 0.2) is 29.3 Å². The average Bonchev–Trinajstić information content (AvgIpc) is 2.98. The molecule has 138 valence electrons. The standard InChI is InChI=1S/C21H19ClN2O2S/c1-11(2)23-18-17-16(12-7-9-13(22)10-8-12)14-5-3-4-6-15(14)24-20(17)27-19(18)21(25)26/h7-10H,3-6H2,1-2H3,(H,25,26). The van der Waals surface area contributed by atoms with E-state index in [1.54, 1.807) is 0 Å². The Kier molecular flexibility index (Phi) is 4.74. The largest absolute Gasteiger partial charge is 0.477 e. The summed E-state index contributed by atoms with van der Waals surface area (Å²) in [7, 11) is 0. The van der Waals surface area contributed by atoms with Crippen LogP contribution in [0, 0.1) is 0 Å². The number of hydrogen-bond acceptors (Lipinski definition) is 4. The number of aliphatic imine (C=N–C) groups is 1. The Morgan fingerprint density at radius 3 is 2.56 bits per heavy atom. The number of nitrogens with zero attached hydrogens (tertiary/aromatic N) is 2. The number of carboxylic acids is 1. The summed E-state index contributed by atoms with van der Waals surface area (Å²) < 4.78 is 0. The van der Waals surface area contributed by atoms with Crippen molar-refractivity contribution in [3.05, 3.63) is 45.4 Å². The van der Waals surface area contributed by atoms with Gasteiger partial charge in [-0.15, -0.1) is 11.3 Å². The van der Waals surface area contributed by atoms with Gasteiger partial charge in [0, 0.05) is 21.8 Å². The molecule has 2 aromatic heterocycles. The molecule has 0 saturated heterocycles. The molecule has 4 rings (SSSR count). The predicted molar refractivity (Wildman–Crippen MR) is 112 cm³/mol. The topological polar surface area (TPSA) is 62.5 Å². The van der Waals surface area contributed by atoms with Crippen LogP contribution in [0.25, 0.3) is 21.3 Å². The summed E-state index contributed by atoms with van der Waals surface area (Å²) in [5.74, 6) is -0.960. The van der Waals surface area contributed by atoms with E-state index in [-0.39, 0.29) is 4.88 Å². The van der Waals surface area contributed by atoms with Gasteiger partial charge in [-0.1, -0.05) is 23.7 Å². The zero-order valence-corrected chi connectivity index (χ0v) is 16.7. The number of aryl methyl sites for hydroxylation is 1. The van der Waals surface area contributed by atoms with Gasteiger partial charge in [-0.3, -0.25) is 4.99 Å². The fraction of sp³-hybridized carbons (Fsp3) is 0.286. The van der Waals surface area contributed by atoms with Gasteiger partial charge in [-0.2, -0.15) is 0 Å². The number of aromatic nitrogens is 1. The first-order valence-electron chi connectivity index (χ1n) is 8.95. The Labute approximate surface area is 166 Å². The van der Waals surface area contributed by atoms with E-state index in [0.717, 1.165) is 58.4 Å². The fourth-order valence-electron chi connectivity index (χ4n) is 3.68. The fourth-order valence-corrected chi connectivity index (χ4v) is 4.79. The summed E-state index contributed by atoms with van der Waals surface area (Å²) in [6, 6.07) is 7.74. The van der Waals surface area contributed by atoms with Crippen LogP contribution >= 0.6 is 22.9 Å². The van der Waals surface area contributed by atoms with Gasteiger partial charge in [0.25, 0.3) is 0 Å². The number of thiophene rings is 1. The highest BCUT2D eigenvalue weighted by molar-refractivity contribution is 7.21. The molecule has 0 bridgehead atoms. The number of carbonyl (C=O) groups is 1. The van der Waals surface area contributed by atoms with E-state index in [0.29, 0.717) is 10.7 Å². The van der Waals surface area contributed by atoms with Gasteiger partial charge in [0.2, 0.25) is 0 Å². The summed E-state index contributed by atoms with van der Waals surface area (Å²) in [6.45, 7) is 3.76. The van der Waals surface area contributed by atoms with E-state index < -0.39 is 5.97 Å². The summed E-state index contributed by atoms with van der Waals surface area (Å²) in [5.41, 5.74) is 5.74. The van der Waals surface area contributed by atoms with Crippen LogP contribution in [0.3, 0.4) is 0 Å². The van der Waals surface area contributed by atoms with E-state index in [4.69, 9.17) is 16.6 Å². The number of fused-ring (bicyclic) bond motifs is 2. The maximum atomic E-state index is 11.9. The lowest BCUT2D eigenvalue weighted by Gasteiger charge is -2.20. The minimum absolute atomic E-state index is 0.247. The van der Waals surface area contributed by atoms with Crippen LogP contribution in [0.2, 0.25) is 5.02 Å². The Hall–Kier alpha value is -2.24. The average molecular weight is 399 g/mol. The van der Waals surface area contributed by atoms with E-state index in [2.05, 4.69) is 4.99 Å². The number of benzene rings is 1. The Morgan fingerprint density at radius 2 is 1.89 bits per heavy atom. The Bertz CT molecular complexity index is 1080. The third kappa shape index (κ3) is 3.26. The molecular formula is C21H19ClN2O2S. The predicted octanol–water partition coefficient (Wildman–Crippen LogP) is 6.31. The van der Waals surface area contributed by atoms with Gasteiger partial charge in [-0.25, -0.2) is 9.78 Å². The minimum atomic E-state index is -0.960. The molecule has 1 aliphatic carbocycles. The lowest BCUT2D eigenvalue weighted by Crippen LogP contribution is -2.07. The molecule has 0 saturated carbocycles. The zero-order chi connectivity index (χ0) is 19.1. The molecule has 1 aliphatic rings. The lowest BCUT2D eigenvalue weighted by molar-refractivity contribution is 0.0703. The van der Waals surface area contributed by atoms with Crippen molar-refractivity contribution in [1.29, 1.82) is 0 Å². The Morgan fingerprint density at radius 1 is 1.19 bits per heavy atom. The first-order valence-corrected chi connectivity index (χ1v) is 10.1. The molecule has 0 atom stereocenters. The van der Waals surface area contributed by atoms with Crippen molar-refractivity contribution < 1.29 is 9.90 Å². The molecular weight excluding hydrogens is 380 g/mol. The van der Waals surface area contributed by atoms with E-state index in [9.17, 15) is 9.90 Å². The third-order valence-corrected chi connectivity index (χ3v) is 6.07. The molecule has 4 nitrogen and oxygen atoms in total. The molecule has 6 heteroatoms. The van der Waals surface area contributed by atoms with Gasteiger partial charge in [0.05, 0.1) is 5.69 Å². The smallest absolute Gasteiger partial charge is 0.348 e. The second-order valence-corrected chi connectivity index (χ2v) is 8.39. The maximum absolute atomic E-state index is 11.9. The van der Waals surface area contributed by atoms with Gasteiger partial charge in [-0.05, 0) is 68.4 Å². The molecule has 0 aliphatic heterocycles. The maximum Gasteiger partial charge on any atom is 0.348 e. The van der Waals surface area contributed by atoms with Crippen molar-refractivity contribution in [3.63, 3.8) is 0 Å². The molecule has 3 aromatic rings. The summed E-state index contributed by atoms with van der Waals surface area (Å²) in [6.07, 6.45) is 4.10. The zero-order valence-electron chi connectivity index (χ0n) is 15.2. The molecule has 27 heavy (non-hydrogen) atoms. The molecule has 1 N–H and O–H groups in total. The van der Waals surface area contributed by atoms with Crippen LogP contribution in [0.1, 0.15) is 47.6 Å². The first kappa shape index (κ1) is 18.1. The monoisotopic (exact) mass is 398 g/mol. The highest BCUT2D eigenvalue weighted by Gasteiger charge is 2.26. The summed E-state index contributed by atoms with van der Waals surface area (Å²) >= 11 is 7.31. The number of rotatable bonds is 3. The van der Waals surface area contributed by atoms with Crippen molar-refractivity contribution in [2.45, 2.75) is 39.5 Å². The molecule has 0 fully saturated rings. The first-order chi connectivity index (χ1) is 13.0. The molecule has 0 radical (unpaired) electrons. The van der Waals surface area contributed by atoms with Crippen LogP contribution < -0.4 is 0 Å². The molecule has 0 amide bonds. The number of hydrogen-bond donors (Lipinski definition) is 1. The van der Waals surface area contributed by atoms with Gasteiger partial charge in [0.15, 0.2) is 0 Å². The van der Waals surface area contributed by atoms with Crippen LogP contribution in [0.5, 0.6) is 0 Å². The highest BCUT2D eigenvalue weighted by atomic mass is 35.5. The van der Waals surface area contributed by atoms with E-state index in [1.807, 2.05) is 38.1 Å². The molecule has 2 heterocycles.